The molecule has 0 amide bonds. The second-order valence-electron chi connectivity index (χ2n) is 5.35. The molecule has 2 heterocycles. The van der Waals surface area contributed by atoms with Crippen molar-refractivity contribution in [2.45, 2.75) is 25.4 Å². The van der Waals surface area contributed by atoms with Crippen LogP contribution in [0.4, 0.5) is 0 Å². The van der Waals surface area contributed by atoms with Crippen molar-refractivity contribution in [2.75, 3.05) is 19.7 Å². The van der Waals surface area contributed by atoms with Crippen LogP contribution < -0.4 is 14.8 Å². The molecular weight excluding hydrogens is 278 g/mol. The highest BCUT2D eigenvalue weighted by atomic mass is 16.5. The molecule has 22 heavy (non-hydrogen) atoms. The molecule has 0 saturated carbocycles. The van der Waals surface area contributed by atoms with E-state index in [0.717, 1.165) is 32.4 Å². The summed E-state index contributed by atoms with van der Waals surface area (Å²) in [5.41, 5.74) is 1.25. The summed E-state index contributed by atoms with van der Waals surface area (Å²) in [6.45, 7) is 2.56. The molecule has 1 saturated heterocycles. The molecular formula is C17H21N3O2. The second-order valence-corrected chi connectivity index (χ2v) is 5.35. The number of aromatic nitrogens is 2. The van der Waals surface area contributed by atoms with E-state index in [1.54, 1.807) is 12.4 Å². The number of hydrogen-bond acceptors (Lipinski definition) is 5. The summed E-state index contributed by atoms with van der Waals surface area (Å²) in [4.78, 5) is 8.52. The van der Waals surface area contributed by atoms with Crippen molar-refractivity contribution in [2.24, 2.45) is 0 Å². The third kappa shape index (κ3) is 4.43. The Morgan fingerprint density at radius 3 is 2.64 bits per heavy atom. The van der Waals surface area contributed by atoms with Gasteiger partial charge < -0.3 is 14.8 Å². The molecule has 1 N–H and O–H groups in total. The van der Waals surface area contributed by atoms with Crippen molar-refractivity contribution >= 4 is 0 Å². The molecule has 0 aliphatic carbocycles. The number of hydrogen-bond donors (Lipinski definition) is 1. The number of benzene rings is 1. The Labute approximate surface area is 130 Å². The van der Waals surface area contributed by atoms with E-state index in [-0.39, 0.29) is 6.10 Å². The fourth-order valence-electron chi connectivity index (χ4n) is 2.46. The minimum absolute atomic E-state index is 0.218. The van der Waals surface area contributed by atoms with Gasteiger partial charge >= 0.3 is 0 Å². The van der Waals surface area contributed by atoms with E-state index in [0.29, 0.717) is 18.4 Å². The summed E-state index contributed by atoms with van der Waals surface area (Å²) in [6.07, 6.45) is 6.34. The third-order valence-corrected chi connectivity index (χ3v) is 3.65. The van der Waals surface area contributed by atoms with Gasteiger partial charge in [-0.15, -0.1) is 0 Å². The lowest BCUT2D eigenvalue weighted by atomic mass is 10.1. The molecule has 0 bridgehead atoms. The van der Waals surface area contributed by atoms with Gasteiger partial charge in [0.25, 0.3) is 0 Å². The minimum Gasteiger partial charge on any atom is -0.476 e. The fourth-order valence-corrected chi connectivity index (χ4v) is 2.46. The molecule has 5 nitrogen and oxygen atoms in total. The number of nitrogens with one attached hydrogen (secondary N) is 1. The molecule has 0 radical (unpaired) electrons. The van der Waals surface area contributed by atoms with Crippen molar-refractivity contribution in [3.8, 4) is 11.8 Å². The average molecular weight is 299 g/mol. The first kappa shape index (κ1) is 14.8. The maximum atomic E-state index is 5.87. The highest BCUT2D eigenvalue weighted by Crippen LogP contribution is 2.16. The SMILES string of the molecule is c1ccc(CCOc2cncc(OC3CCNCC3)n2)cc1. The fraction of sp³-hybridized carbons (Fsp3) is 0.412. The molecule has 1 fully saturated rings. The first-order valence-electron chi connectivity index (χ1n) is 7.76. The Hall–Kier alpha value is -2.14. The van der Waals surface area contributed by atoms with E-state index in [4.69, 9.17) is 9.47 Å². The van der Waals surface area contributed by atoms with Crippen LogP contribution in [0.5, 0.6) is 11.8 Å². The Bertz CT molecular complexity index is 571. The van der Waals surface area contributed by atoms with E-state index >= 15 is 0 Å². The highest BCUT2D eigenvalue weighted by Gasteiger charge is 2.15. The zero-order valence-electron chi connectivity index (χ0n) is 12.6. The zero-order valence-corrected chi connectivity index (χ0v) is 12.6. The third-order valence-electron chi connectivity index (χ3n) is 3.65. The van der Waals surface area contributed by atoms with Gasteiger partial charge in [0.1, 0.15) is 6.10 Å². The molecule has 1 aromatic carbocycles. The molecule has 1 aromatic heterocycles. The van der Waals surface area contributed by atoms with Gasteiger partial charge in [-0.05, 0) is 31.5 Å². The van der Waals surface area contributed by atoms with Crippen molar-refractivity contribution in [3.05, 3.63) is 48.3 Å². The van der Waals surface area contributed by atoms with Gasteiger partial charge in [-0.2, -0.15) is 4.98 Å². The molecule has 0 unspecified atom stereocenters. The van der Waals surface area contributed by atoms with Crippen molar-refractivity contribution < 1.29 is 9.47 Å². The van der Waals surface area contributed by atoms with E-state index < -0.39 is 0 Å². The summed E-state index contributed by atoms with van der Waals surface area (Å²) in [6, 6.07) is 10.3. The summed E-state index contributed by atoms with van der Waals surface area (Å²) < 4.78 is 11.5. The number of nitrogens with zero attached hydrogens (tertiary/aromatic N) is 2. The van der Waals surface area contributed by atoms with Crippen LogP contribution in [-0.2, 0) is 6.42 Å². The topological polar surface area (TPSA) is 56.3 Å². The molecule has 5 heteroatoms. The molecule has 1 aliphatic heterocycles. The normalized spacial score (nSPS) is 15.5. The first-order chi connectivity index (χ1) is 10.9. The summed E-state index contributed by atoms with van der Waals surface area (Å²) in [5, 5.41) is 3.31. The average Bonchev–Trinajstić information content (AvgIpc) is 2.57. The molecule has 2 aromatic rings. The van der Waals surface area contributed by atoms with Gasteiger partial charge in [-0.1, -0.05) is 30.3 Å². The van der Waals surface area contributed by atoms with E-state index in [1.807, 2.05) is 18.2 Å². The molecule has 0 spiro atoms. The lowest BCUT2D eigenvalue weighted by Crippen LogP contribution is -2.34. The summed E-state index contributed by atoms with van der Waals surface area (Å²) in [7, 11) is 0. The highest BCUT2D eigenvalue weighted by molar-refractivity contribution is 5.16. The van der Waals surface area contributed by atoms with Crippen LogP contribution in [0.25, 0.3) is 0 Å². The van der Waals surface area contributed by atoms with Crippen LogP contribution in [-0.4, -0.2) is 35.8 Å². The zero-order chi connectivity index (χ0) is 15.0. The van der Waals surface area contributed by atoms with Gasteiger partial charge in [0, 0.05) is 6.42 Å². The van der Waals surface area contributed by atoms with Crippen LogP contribution in [0.3, 0.4) is 0 Å². The smallest absolute Gasteiger partial charge is 0.235 e. The number of piperidine rings is 1. The Kier molecular flexibility index (Phi) is 5.21. The summed E-state index contributed by atoms with van der Waals surface area (Å²) in [5.74, 6) is 1.06. The van der Waals surface area contributed by atoms with Crippen molar-refractivity contribution in [3.63, 3.8) is 0 Å². The second kappa shape index (κ2) is 7.75. The van der Waals surface area contributed by atoms with Crippen molar-refractivity contribution in [1.29, 1.82) is 0 Å². The van der Waals surface area contributed by atoms with E-state index in [9.17, 15) is 0 Å². The van der Waals surface area contributed by atoms with Gasteiger partial charge in [0.15, 0.2) is 0 Å². The number of ether oxygens (including phenoxy) is 2. The van der Waals surface area contributed by atoms with Crippen LogP contribution in [0, 0.1) is 0 Å². The molecule has 116 valence electrons. The predicted molar refractivity (Wildman–Crippen MR) is 84.2 cm³/mol. The van der Waals surface area contributed by atoms with E-state index in [1.165, 1.54) is 5.56 Å². The standard InChI is InChI=1S/C17H21N3O2/c1-2-4-14(5-3-1)8-11-21-16-12-19-13-17(20-16)22-15-6-9-18-10-7-15/h1-5,12-13,15,18H,6-11H2. The van der Waals surface area contributed by atoms with Gasteiger partial charge in [0.2, 0.25) is 11.8 Å². The summed E-state index contributed by atoms with van der Waals surface area (Å²) >= 11 is 0. The largest absolute Gasteiger partial charge is 0.476 e. The molecule has 3 rings (SSSR count). The maximum Gasteiger partial charge on any atom is 0.235 e. The first-order valence-corrected chi connectivity index (χ1v) is 7.76. The minimum atomic E-state index is 0.218. The Morgan fingerprint density at radius 1 is 1.05 bits per heavy atom. The maximum absolute atomic E-state index is 5.87. The van der Waals surface area contributed by atoms with Crippen molar-refractivity contribution in [1.82, 2.24) is 15.3 Å². The van der Waals surface area contributed by atoms with Gasteiger partial charge in [-0.3, -0.25) is 4.98 Å². The van der Waals surface area contributed by atoms with Crippen LogP contribution in [0.2, 0.25) is 0 Å². The van der Waals surface area contributed by atoms with Crippen LogP contribution in [0.15, 0.2) is 42.7 Å². The molecule has 0 atom stereocenters. The Morgan fingerprint density at radius 2 is 1.82 bits per heavy atom. The van der Waals surface area contributed by atoms with Crippen LogP contribution >= 0.6 is 0 Å². The lowest BCUT2D eigenvalue weighted by Gasteiger charge is -2.23. The number of rotatable bonds is 6. The van der Waals surface area contributed by atoms with Gasteiger partial charge in [0.05, 0.1) is 19.0 Å². The Balaban J connectivity index is 1.50. The monoisotopic (exact) mass is 299 g/mol. The van der Waals surface area contributed by atoms with Gasteiger partial charge in [-0.25, -0.2) is 0 Å². The lowest BCUT2D eigenvalue weighted by molar-refractivity contribution is 0.153. The molecule has 1 aliphatic rings. The predicted octanol–water partition coefficient (Wildman–Crippen LogP) is 2.23. The van der Waals surface area contributed by atoms with Crippen LogP contribution in [0.1, 0.15) is 18.4 Å². The van der Waals surface area contributed by atoms with E-state index in [2.05, 4.69) is 27.4 Å². The quantitative estimate of drug-likeness (QED) is 0.886.